The summed E-state index contributed by atoms with van der Waals surface area (Å²) in [4.78, 5) is 0. The molecular formula is C12H25OP. The summed E-state index contributed by atoms with van der Waals surface area (Å²) < 4.78 is 11.4. The third kappa shape index (κ3) is 3.35. The Morgan fingerprint density at radius 2 is 1.57 bits per heavy atom. The van der Waals surface area contributed by atoms with Crippen LogP contribution in [0.3, 0.4) is 0 Å². The summed E-state index contributed by atoms with van der Waals surface area (Å²) >= 11 is 0. The van der Waals surface area contributed by atoms with E-state index in [1.54, 1.807) is 0 Å². The van der Waals surface area contributed by atoms with Crippen LogP contribution in [0.5, 0.6) is 0 Å². The average Bonchev–Trinajstić information content (AvgIpc) is 2.11. The Labute approximate surface area is 90.9 Å². The molecule has 0 rings (SSSR count). The Morgan fingerprint density at radius 3 is 1.86 bits per heavy atom. The van der Waals surface area contributed by atoms with Crippen molar-refractivity contribution in [3.8, 4) is 0 Å². The predicted octanol–water partition coefficient (Wildman–Crippen LogP) is 4.91. The Hall–Kier alpha value is 0.100. The molecular weight excluding hydrogens is 191 g/mol. The van der Waals surface area contributed by atoms with Crippen LogP contribution in [-0.2, 0) is 4.57 Å². The molecule has 0 saturated carbocycles. The van der Waals surface area contributed by atoms with Gasteiger partial charge in [0.15, 0.2) is 8.46 Å². The summed E-state index contributed by atoms with van der Waals surface area (Å²) in [6.07, 6.45) is 4.81. The SMILES string of the molecule is CCCCCC(P=O)(C(C)C)C(C)C. The zero-order chi connectivity index (χ0) is 11.2. The standard InChI is InChI=1S/C12H25OP/c1-6-7-8-9-12(14-13,10(2)3)11(4)5/h10-11H,6-9H2,1-5H3. The fourth-order valence-electron chi connectivity index (χ4n) is 2.16. The second kappa shape index (κ2) is 6.56. The van der Waals surface area contributed by atoms with Crippen molar-refractivity contribution in [2.45, 2.75) is 65.5 Å². The number of hydrogen-bond acceptors (Lipinski definition) is 1. The van der Waals surface area contributed by atoms with E-state index in [-0.39, 0.29) is 5.16 Å². The summed E-state index contributed by atoms with van der Waals surface area (Å²) in [7, 11) is 0.338. The van der Waals surface area contributed by atoms with Crippen LogP contribution < -0.4 is 0 Å². The molecule has 0 radical (unpaired) electrons. The van der Waals surface area contributed by atoms with Gasteiger partial charge in [-0.1, -0.05) is 53.9 Å². The second-order valence-corrected chi connectivity index (χ2v) is 5.86. The van der Waals surface area contributed by atoms with Gasteiger partial charge in [0.05, 0.1) is 5.16 Å². The Kier molecular flexibility index (Phi) is 6.61. The van der Waals surface area contributed by atoms with E-state index >= 15 is 0 Å². The zero-order valence-electron chi connectivity index (χ0n) is 10.3. The van der Waals surface area contributed by atoms with E-state index in [1.165, 1.54) is 19.3 Å². The molecule has 0 heterocycles. The Bertz CT molecular complexity index is 156. The van der Waals surface area contributed by atoms with Gasteiger partial charge in [-0.2, -0.15) is 0 Å². The van der Waals surface area contributed by atoms with Gasteiger partial charge in [-0.05, 0) is 18.3 Å². The second-order valence-electron chi connectivity index (χ2n) is 4.85. The molecule has 0 fully saturated rings. The third-order valence-electron chi connectivity index (χ3n) is 3.35. The van der Waals surface area contributed by atoms with Crippen molar-refractivity contribution in [1.29, 1.82) is 0 Å². The highest BCUT2D eigenvalue weighted by atomic mass is 31.1. The molecule has 0 spiro atoms. The normalized spacial score (nSPS) is 13.1. The van der Waals surface area contributed by atoms with Crippen LogP contribution in [0.25, 0.3) is 0 Å². The van der Waals surface area contributed by atoms with Crippen molar-refractivity contribution in [2.24, 2.45) is 11.8 Å². The van der Waals surface area contributed by atoms with Crippen LogP contribution in [0.15, 0.2) is 0 Å². The maximum absolute atomic E-state index is 11.4. The van der Waals surface area contributed by atoms with Crippen LogP contribution in [0.2, 0.25) is 0 Å². The van der Waals surface area contributed by atoms with Crippen LogP contribution >= 0.6 is 8.46 Å². The van der Waals surface area contributed by atoms with Crippen molar-refractivity contribution < 1.29 is 4.57 Å². The maximum Gasteiger partial charge on any atom is 0.162 e. The summed E-state index contributed by atoms with van der Waals surface area (Å²) in [5.41, 5.74) is 0. The van der Waals surface area contributed by atoms with Gasteiger partial charge < -0.3 is 0 Å². The highest BCUT2D eigenvalue weighted by molar-refractivity contribution is 7.26. The van der Waals surface area contributed by atoms with Gasteiger partial charge in [-0.15, -0.1) is 0 Å². The van der Waals surface area contributed by atoms with Gasteiger partial charge in [0.1, 0.15) is 0 Å². The molecule has 0 aromatic rings. The van der Waals surface area contributed by atoms with E-state index in [0.29, 0.717) is 20.3 Å². The van der Waals surface area contributed by atoms with Crippen molar-refractivity contribution in [3.05, 3.63) is 0 Å². The molecule has 0 unspecified atom stereocenters. The topological polar surface area (TPSA) is 17.1 Å². The lowest BCUT2D eigenvalue weighted by atomic mass is 9.80. The summed E-state index contributed by atoms with van der Waals surface area (Å²) in [6, 6.07) is 0. The number of unbranched alkanes of at least 4 members (excludes halogenated alkanes) is 2. The minimum absolute atomic E-state index is 0.00910. The Balaban J connectivity index is 4.43. The summed E-state index contributed by atoms with van der Waals surface area (Å²) in [5, 5.41) is 0.00910. The molecule has 0 saturated heterocycles. The molecule has 0 aliphatic rings. The summed E-state index contributed by atoms with van der Waals surface area (Å²) in [5.74, 6) is 0.997. The molecule has 0 atom stereocenters. The maximum atomic E-state index is 11.4. The molecule has 84 valence electrons. The molecule has 0 aliphatic heterocycles. The van der Waals surface area contributed by atoms with Crippen molar-refractivity contribution in [2.75, 3.05) is 0 Å². The summed E-state index contributed by atoms with van der Waals surface area (Å²) in [6.45, 7) is 11.0. The highest BCUT2D eigenvalue weighted by Crippen LogP contribution is 2.43. The first-order chi connectivity index (χ1) is 6.51. The van der Waals surface area contributed by atoms with Gasteiger partial charge in [0.25, 0.3) is 0 Å². The number of hydrogen-bond donors (Lipinski definition) is 0. The van der Waals surface area contributed by atoms with E-state index in [1.807, 2.05) is 0 Å². The molecule has 0 N–H and O–H groups in total. The molecule has 14 heavy (non-hydrogen) atoms. The van der Waals surface area contributed by atoms with Gasteiger partial charge in [0.2, 0.25) is 0 Å². The monoisotopic (exact) mass is 216 g/mol. The van der Waals surface area contributed by atoms with E-state index in [9.17, 15) is 4.57 Å². The van der Waals surface area contributed by atoms with Gasteiger partial charge >= 0.3 is 0 Å². The molecule has 0 amide bonds. The largest absolute Gasteiger partial charge is 0.274 e. The zero-order valence-corrected chi connectivity index (χ0v) is 11.2. The van der Waals surface area contributed by atoms with Gasteiger partial charge in [-0.25, -0.2) is 0 Å². The van der Waals surface area contributed by atoms with Crippen LogP contribution in [-0.4, -0.2) is 5.16 Å². The lowest BCUT2D eigenvalue weighted by molar-refractivity contribution is 0.295. The van der Waals surface area contributed by atoms with E-state index in [0.717, 1.165) is 6.42 Å². The van der Waals surface area contributed by atoms with Crippen molar-refractivity contribution in [3.63, 3.8) is 0 Å². The molecule has 0 aromatic carbocycles. The molecule has 2 heteroatoms. The quantitative estimate of drug-likeness (QED) is 0.436. The average molecular weight is 216 g/mol. The first kappa shape index (κ1) is 14.1. The minimum Gasteiger partial charge on any atom is -0.274 e. The lowest BCUT2D eigenvalue weighted by Gasteiger charge is -2.35. The van der Waals surface area contributed by atoms with Crippen LogP contribution in [0, 0.1) is 11.8 Å². The third-order valence-corrected chi connectivity index (χ3v) is 4.95. The first-order valence-electron chi connectivity index (χ1n) is 5.85. The van der Waals surface area contributed by atoms with E-state index in [2.05, 4.69) is 34.6 Å². The lowest BCUT2D eigenvalue weighted by Crippen LogP contribution is -2.34. The molecule has 1 nitrogen and oxygen atoms in total. The highest BCUT2D eigenvalue weighted by Gasteiger charge is 2.37. The number of rotatable bonds is 7. The fourth-order valence-corrected chi connectivity index (χ4v) is 2.83. The minimum atomic E-state index is 0.00910. The molecule has 0 aliphatic carbocycles. The van der Waals surface area contributed by atoms with Gasteiger partial charge in [-0.3, -0.25) is 4.57 Å². The first-order valence-corrected chi connectivity index (χ1v) is 6.67. The smallest absolute Gasteiger partial charge is 0.162 e. The van der Waals surface area contributed by atoms with E-state index in [4.69, 9.17) is 0 Å². The van der Waals surface area contributed by atoms with E-state index < -0.39 is 0 Å². The van der Waals surface area contributed by atoms with Crippen LogP contribution in [0.1, 0.15) is 60.3 Å². The van der Waals surface area contributed by atoms with Gasteiger partial charge in [0, 0.05) is 0 Å². The Morgan fingerprint density at radius 1 is 1.07 bits per heavy atom. The van der Waals surface area contributed by atoms with Crippen molar-refractivity contribution in [1.82, 2.24) is 0 Å². The van der Waals surface area contributed by atoms with Crippen molar-refractivity contribution >= 4 is 8.46 Å². The molecule has 0 aromatic heterocycles. The fraction of sp³-hybridized carbons (Fsp3) is 1.00. The van der Waals surface area contributed by atoms with Crippen LogP contribution in [0.4, 0.5) is 0 Å². The predicted molar refractivity (Wildman–Crippen MR) is 64.2 cm³/mol. The molecule has 0 bridgehead atoms.